The van der Waals surface area contributed by atoms with Crippen LogP contribution in [0.2, 0.25) is 0 Å². The van der Waals surface area contributed by atoms with Crippen molar-refractivity contribution in [2.45, 2.75) is 52.1 Å². The normalized spacial score (nSPS) is 22.2. The van der Waals surface area contributed by atoms with Gasteiger partial charge in [0.05, 0.1) is 0 Å². The second-order valence-corrected chi connectivity index (χ2v) is 7.13. The number of hydrogen-bond acceptors (Lipinski definition) is 4. The molecule has 6 heteroatoms. The SMILES string of the molecule is CC(C)(C)OC(=O)C1(C(=O)O)CCN(CC2CC2)CC1.Cl. The van der Waals surface area contributed by atoms with Gasteiger partial charge in [0, 0.05) is 6.54 Å². The summed E-state index contributed by atoms with van der Waals surface area (Å²) in [6.07, 6.45) is 3.27. The van der Waals surface area contributed by atoms with Crippen molar-refractivity contribution in [3.8, 4) is 0 Å². The molecule has 122 valence electrons. The number of halogens is 1. The molecule has 1 heterocycles. The number of carbonyl (C=O) groups is 2. The average Bonchev–Trinajstić information content (AvgIpc) is 3.11. The first kappa shape index (κ1) is 18.2. The molecule has 0 bridgehead atoms. The van der Waals surface area contributed by atoms with E-state index in [4.69, 9.17) is 4.74 Å². The second kappa shape index (κ2) is 6.53. The number of hydrogen-bond donors (Lipinski definition) is 1. The van der Waals surface area contributed by atoms with Gasteiger partial charge < -0.3 is 14.7 Å². The van der Waals surface area contributed by atoms with Crippen LogP contribution in [-0.4, -0.2) is 47.2 Å². The van der Waals surface area contributed by atoms with E-state index in [1.54, 1.807) is 20.8 Å². The van der Waals surface area contributed by atoms with Crippen molar-refractivity contribution in [1.29, 1.82) is 0 Å². The molecule has 0 spiro atoms. The lowest BCUT2D eigenvalue weighted by Crippen LogP contribution is -2.51. The Kier molecular flexibility index (Phi) is 5.67. The first-order valence-corrected chi connectivity index (χ1v) is 7.42. The summed E-state index contributed by atoms with van der Waals surface area (Å²) < 4.78 is 5.33. The van der Waals surface area contributed by atoms with E-state index in [2.05, 4.69) is 4.90 Å². The minimum Gasteiger partial charge on any atom is -0.480 e. The van der Waals surface area contributed by atoms with Gasteiger partial charge in [0.25, 0.3) is 0 Å². The largest absolute Gasteiger partial charge is 0.480 e. The summed E-state index contributed by atoms with van der Waals surface area (Å²) in [5.74, 6) is -0.838. The smallest absolute Gasteiger partial charge is 0.324 e. The third-order valence-electron chi connectivity index (χ3n) is 4.12. The van der Waals surface area contributed by atoms with Crippen LogP contribution in [0.1, 0.15) is 46.5 Å². The number of aliphatic carboxylic acids is 1. The zero-order valence-electron chi connectivity index (χ0n) is 13.1. The predicted molar refractivity (Wildman–Crippen MR) is 81.6 cm³/mol. The second-order valence-electron chi connectivity index (χ2n) is 7.13. The molecular formula is C15H26ClNO4. The van der Waals surface area contributed by atoms with Crippen molar-refractivity contribution in [2.24, 2.45) is 11.3 Å². The summed E-state index contributed by atoms with van der Waals surface area (Å²) in [5, 5.41) is 9.52. The van der Waals surface area contributed by atoms with E-state index in [-0.39, 0.29) is 12.4 Å². The molecule has 2 aliphatic rings. The van der Waals surface area contributed by atoms with Crippen LogP contribution in [-0.2, 0) is 14.3 Å². The third kappa shape index (κ3) is 4.58. The molecule has 0 radical (unpaired) electrons. The molecule has 1 aliphatic heterocycles. The van der Waals surface area contributed by atoms with E-state index in [0.29, 0.717) is 25.9 Å². The first-order chi connectivity index (χ1) is 9.23. The monoisotopic (exact) mass is 319 g/mol. The van der Waals surface area contributed by atoms with Crippen LogP contribution in [0, 0.1) is 11.3 Å². The molecular weight excluding hydrogens is 294 g/mol. The van der Waals surface area contributed by atoms with Gasteiger partial charge in [-0.1, -0.05) is 0 Å². The highest BCUT2D eigenvalue weighted by atomic mass is 35.5. The van der Waals surface area contributed by atoms with Crippen LogP contribution < -0.4 is 0 Å². The van der Waals surface area contributed by atoms with Gasteiger partial charge in [-0.3, -0.25) is 9.59 Å². The fourth-order valence-electron chi connectivity index (χ4n) is 2.66. The summed E-state index contributed by atoms with van der Waals surface area (Å²) in [4.78, 5) is 26.2. The molecule has 21 heavy (non-hydrogen) atoms. The first-order valence-electron chi connectivity index (χ1n) is 7.42. The lowest BCUT2D eigenvalue weighted by atomic mass is 9.78. The summed E-state index contributed by atoms with van der Waals surface area (Å²) in [5.41, 5.74) is -2.00. The number of carboxylic acids is 1. The zero-order chi connectivity index (χ0) is 15.0. The van der Waals surface area contributed by atoms with Crippen molar-refractivity contribution in [3.63, 3.8) is 0 Å². The fourth-order valence-corrected chi connectivity index (χ4v) is 2.66. The average molecular weight is 320 g/mol. The van der Waals surface area contributed by atoms with Crippen LogP contribution in [0.15, 0.2) is 0 Å². The Balaban J connectivity index is 0.00000220. The molecule has 0 aromatic rings. The van der Waals surface area contributed by atoms with E-state index in [1.165, 1.54) is 12.8 Å². The predicted octanol–water partition coefficient (Wildman–Crippen LogP) is 2.33. The minimum absolute atomic E-state index is 0. The highest BCUT2D eigenvalue weighted by Crippen LogP contribution is 2.37. The van der Waals surface area contributed by atoms with Gasteiger partial charge in [0.15, 0.2) is 5.41 Å². The Morgan fingerprint density at radius 3 is 2.14 bits per heavy atom. The molecule has 1 saturated heterocycles. The molecule has 0 unspecified atom stereocenters. The highest BCUT2D eigenvalue weighted by Gasteiger charge is 2.50. The number of likely N-dealkylation sites (tertiary alicyclic amines) is 1. The van der Waals surface area contributed by atoms with E-state index in [1.807, 2.05) is 0 Å². The van der Waals surface area contributed by atoms with Gasteiger partial charge >= 0.3 is 11.9 Å². The molecule has 2 rings (SSSR count). The van der Waals surface area contributed by atoms with Crippen molar-refractivity contribution >= 4 is 24.3 Å². The van der Waals surface area contributed by atoms with Gasteiger partial charge in [0.2, 0.25) is 0 Å². The number of nitrogens with zero attached hydrogens (tertiary/aromatic N) is 1. The molecule has 5 nitrogen and oxygen atoms in total. The maximum absolute atomic E-state index is 12.3. The molecule has 0 aromatic carbocycles. The lowest BCUT2D eigenvalue weighted by molar-refractivity contribution is -0.180. The Hall–Kier alpha value is -0.810. The molecule has 1 N–H and O–H groups in total. The summed E-state index contributed by atoms with van der Waals surface area (Å²) in [7, 11) is 0. The van der Waals surface area contributed by atoms with Crippen LogP contribution >= 0.6 is 12.4 Å². The molecule has 1 aliphatic carbocycles. The standard InChI is InChI=1S/C15H25NO4.ClH/c1-14(2,3)20-13(19)15(12(17)18)6-8-16(9-7-15)10-11-4-5-11;/h11H,4-10H2,1-3H3,(H,17,18);1H. The zero-order valence-corrected chi connectivity index (χ0v) is 13.9. The van der Waals surface area contributed by atoms with Gasteiger partial charge in [-0.15, -0.1) is 12.4 Å². The number of ether oxygens (including phenoxy) is 1. The van der Waals surface area contributed by atoms with Crippen molar-refractivity contribution in [3.05, 3.63) is 0 Å². The maximum Gasteiger partial charge on any atom is 0.324 e. The number of esters is 1. The van der Waals surface area contributed by atoms with Crippen molar-refractivity contribution < 1.29 is 19.4 Å². The summed E-state index contributed by atoms with van der Waals surface area (Å²) >= 11 is 0. The van der Waals surface area contributed by atoms with Gasteiger partial charge in [0.1, 0.15) is 5.60 Å². The van der Waals surface area contributed by atoms with E-state index in [9.17, 15) is 14.7 Å². The third-order valence-corrected chi connectivity index (χ3v) is 4.12. The highest BCUT2D eigenvalue weighted by molar-refractivity contribution is 5.99. The van der Waals surface area contributed by atoms with Crippen LogP contribution in [0.25, 0.3) is 0 Å². The number of carboxylic acid groups (broad SMARTS) is 1. The topological polar surface area (TPSA) is 66.8 Å². The summed E-state index contributed by atoms with van der Waals surface area (Å²) in [6, 6.07) is 0. The molecule has 0 atom stereocenters. The fraction of sp³-hybridized carbons (Fsp3) is 0.867. The minimum atomic E-state index is -1.35. The number of rotatable bonds is 4. The summed E-state index contributed by atoms with van der Waals surface area (Å²) in [6.45, 7) is 7.68. The Labute approximate surface area is 132 Å². The van der Waals surface area contributed by atoms with Gasteiger partial charge in [-0.05, 0) is 65.5 Å². The quantitative estimate of drug-likeness (QED) is 0.636. The molecule has 0 amide bonds. The van der Waals surface area contributed by atoms with Gasteiger partial charge in [-0.2, -0.15) is 0 Å². The van der Waals surface area contributed by atoms with Crippen molar-refractivity contribution in [1.82, 2.24) is 4.90 Å². The lowest BCUT2D eigenvalue weighted by Gasteiger charge is -2.38. The molecule has 2 fully saturated rings. The van der Waals surface area contributed by atoms with Crippen LogP contribution in [0.3, 0.4) is 0 Å². The van der Waals surface area contributed by atoms with E-state index in [0.717, 1.165) is 12.5 Å². The molecule has 1 saturated carbocycles. The van der Waals surface area contributed by atoms with Gasteiger partial charge in [-0.25, -0.2) is 0 Å². The maximum atomic E-state index is 12.3. The van der Waals surface area contributed by atoms with Crippen molar-refractivity contribution in [2.75, 3.05) is 19.6 Å². The Bertz CT molecular complexity index is 393. The number of carbonyl (C=O) groups excluding carboxylic acids is 1. The van der Waals surface area contributed by atoms with E-state index < -0.39 is 23.0 Å². The van der Waals surface area contributed by atoms with Crippen LogP contribution in [0.5, 0.6) is 0 Å². The van der Waals surface area contributed by atoms with E-state index >= 15 is 0 Å². The number of piperidine rings is 1. The Morgan fingerprint density at radius 1 is 1.24 bits per heavy atom. The van der Waals surface area contributed by atoms with Crippen LogP contribution in [0.4, 0.5) is 0 Å². The Morgan fingerprint density at radius 2 is 1.76 bits per heavy atom. The molecule has 0 aromatic heterocycles.